The van der Waals surface area contributed by atoms with Gasteiger partial charge in [0.25, 0.3) is 0 Å². The van der Waals surface area contributed by atoms with Crippen LogP contribution in [0.5, 0.6) is 0 Å². The van der Waals surface area contributed by atoms with Gasteiger partial charge in [0.2, 0.25) is 0 Å². The van der Waals surface area contributed by atoms with Crippen LogP contribution < -0.4 is 0 Å². The van der Waals surface area contributed by atoms with Crippen molar-refractivity contribution in [3.05, 3.63) is 0 Å². The van der Waals surface area contributed by atoms with Crippen molar-refractivity contribution in [1.29, 1.82) is 0 Å². The van der Waals surface area contributed by atoms with Gasteiger partial charge >= 0.3 is 0 Å². The predicted octanol–water partition coefficient (Wildman–Crippen LogP) is 2.22. The van der Waals surface area contributed by atoms with E-state index in [0.29, 0.717) is 12.1 Å². The van der Waals surface area contributed by atoms with Gasteiger partial charge < -0.3 is 5.11 Å². The highest BCUT2D eigenvalue weighted by molar-refractivity contribution is 4.72. The zero-order valence-corrected chi connectivity index (χ0v) is 9.04. The highest BCUT2D eigenvalue weighted by Gasteiger charge is 2.21. The van der Waals surface area contributed by atoms with Crippen LogP contribution in [0.1, 0.15) is 47.5 Å². The molecule has 0 aromatic carbocycles. The van der Waals surface area contributed by atoms with Crippen LogP contribution in [0.25, 0.3) is 0 Å². The van der Waals surface area contributed by atoms with E-state index in [4.69, 9.17) is 0 Å². The van der Waals surface area contributed by atoms with E-state index in [-0.39, 0.29) is 6.23 Å². The van der Waals surface area contributed by atoms with E-state index in [1.165, 1.54) is 0 Å². The topological polar surface area (TPSA) is 23.5 Å². The van der Waals surface area contributed by atoms with Gasteiger partial charge in [-0.3, -0.25) is 4.90 Å². The lowest BCUT2D eigenvalue weighted by molar-refractivity contribution is -0.0347. The SMILES string of the molecule is CCC(C)N(C(C)O)C(C)CC. The fourth-order valence-electron chi connectivity index (χ4n) is 1.59. The second-order valence-electron chi connectivity index (χ2n) is 3.59. The molecular weight excluding hydrogens is 150 g/mol. The van der Waals surface area contributed by atoms with Crippen LogP contribution in [0.15, 0.2) is 0 Å². The third kappa shape index (κ3) is 3.11. The van der Waals surface area contributed by atoms with Crippen LogP contribution in [0.2, 0.25) is 0 Å². The summed E-state index contributed by atoms with van der Waals surface area (Å²) in [5, 5.41) is 9.54. The van der Waals surface area contributed by atoms with E-state index < -0.39 is 0 Å². The molecule has 2 heteroatoms. The van der Waals surface area contributed by atoms with Gasteiger partial charge in [-0.15, -0.1) is 0 Å². The van der Waals surface area contributed by atoms with E-state index >= 15 is 0 Å². The number of hydrogen-bond donors (Lipinski definition) is 1. The summed E-state index contributed by atoms with van der Waals surface area (Å²) < 4.78 is 0. The summed E-state index contributed by atoms with van der Waals surface area (Å²) in [6.45, 7) is 10.5. The van der Waals surface area contributed by atoms with E-state index in [2.05, 4.69) is 32.6 Å². The van der Waals surface area contributed by atoms with E-state index in [1.807, 2.05) is 6.92 Å². The zero-order valence-electron chi connectivity index (χ0n) is 9.04. The fraction of sp³-hybridized carbons (Fsp3) is 1.00. The Balaban J connectivity index is 4.21. The summed E-state index contributed by atoms with van der Waals surface area (Å²) in [6, 6.07) is 0.944. The summed E-state index contributed by atoms with van der Waals surface area (Å²) >= 11 is 0. The molecule has 2 nitrogen and oxygen atoms in total. The summed E-state index contributed by atoms with van der Waals surface area (Å²) in [5.41, 5.74) is 0. The summed E-state index contributed by atoms with van der Waals surface area (Å²) in [5.74, 6) is 0. The van der Waals surface area contributed by atoms with Gasteiger partial charge in [0.1, 0.15) is 6.23 Å². The van der Waals surface area contributed by atoms with Crippen molar-refractivity contribution >= 4 is 0 Å². The minimum absolute atomic E-state index is 0.324. The second kappa shape index (κ2) is 5.55. The van der Waals surface area contributed by atoms with Crippen LogP contribution >= 0.6 is 0 Å². The molecule has 0 saturated heterocycles. The van der Waals surface area contributed by atoms with Gasteiger partial charge in [-0.2, -0.15) is 0 Å². The minimum atomic E-state index is -0.324. The third-order valence-corrected chi connectivity index (χ3v) is 2.63. The van der Waals surface area contributed by atoms with Crippen molar-refractivity contribution < 1.29 is 5.11 Å². The molecule has 0 amide bonds. The molecule has 0 fully saturated rings. The first-order valence-corrected chi connectivity index (χ1v) is 5.00. The third-order valence-electron chi connectivity index (χ3n) is 2.63. The first-order valence-electron chi connectivity index (χ1n) is 5.00. The average Bonchev–Trinajstić information content (AvgIpc) is 2.03. The smallest absolute Gasteiger partial charge is 0.105 e. The van der Waals surface area contributed by atoms with Crippen molar-refractivity contribution in [1.82, 2.24) is 4.90 Å². The van der Waals surface area contributed by atoms with E-state index in [0.717, 1.165) is 12.8 Å². The molecule has 0 aromatic heterocycles. The molecule has 0 aromatic rings. The van der Waals surface area contributed by atoms with Crippen LogP contribution in [0.3, 0.4) is 0 Å². The Hall–Kier alpha value is -0.0800. The number of hydrogen-bond acceptors (Lipinski definition) is 2. The van der Waals surface area contributed by atoms with Crippen LogP contribution in [0, 0.1) is 0 Å². The second-order valence-corrected chi connectivity index (χ2v) is 3.59. The Kier molecular flexibility index (Phi) is 5.51. The molecule has 0 rings (SSSR count). The maximum Gasteiger partial charge on any atom is 0.105 e. The van der Waals surface area contributed by atoms with Crippen molar-refractivity contribution in [2.24, 2.45) is 0 Å². The summed E-state index contributed by atoms with van der Waals surface area (Å²) in [6.07, 6.45) is 1.86. The number of aliphatic hydroxyl groups excluding tert-OH is 1. The monoisotopic (exact) mass is 173 g/mol. The van der Waals surface area contributed by atoms with Gasteiger partial charge in [-0.25, -0.2) is 0 Å². The van der Waals surface area contributed by atoms with E-state index in [1.54, 1.807) is 0 Å². The molecule has 3 unspecified atom stereocenters. The van der Waals surface area contributed by atoms with Gasteiger partial charge in [-0.05, 0) is 33.6 Å². The molecule has 0 heterocycles. The average molecular weight is 173 g/mol. The van der Waals surface area contributed by atoms with Crippen LogP contribution in [-0.2, 0) is 0 Å². The van der Waals surface area contributed by atoms with Crippen molar-refractivity contribution in [2.75, 3.05) is 0 Å². The first-order chi connectivity index (χ1) is 5.54. The predicted molar refractivity (Wildman–Crippen MR) is 53.0 cm³/mol. The number of rotatable bonds is 5. The maximum absolute atomic E-state index is 9.54. The molecule has 0 aliphatic rings. The Bertz CT molecular complexity index is 104. The van der Waals surface area contributed by atoms with Crippen LogP contribution in [0.4, 0.5) is 0 Å². The Morgan fingerprint density at radius 3 is 1.50 bits per heavy atom. The molecular formula is C10H23NO. The molecule has 1 N–H and O–H groups in total. The van der Waals surface area contributed by atoms with Gasteiger partial charge in [0.15, 0.2) is 0 Å². The Morgan fingerprint density at radius 2 is 1.33 bits per heavy atom. The normalized spacial score (nSPS) is 19.2. The lowest BCUT2D eigenvalue weighted by atomic mass is 10.1. The zero-order chi connectivity index (χ0) is 9.72. The standard InChI is InChI=1S/C10H23NO/c1-6-8(3)11(10(5)12)9(4)7-2/h8-10,12H,6-7H2,1-5H3. The summed E-state index contributed by atoms with van der Waals surface area (Å²) in [4.78, 5) is 2.17. The fourth-order valence-corrected chi connectivity index (χ4v) is 1.59. The van der Waals surface area contributed by atoms with Crippen molar-refractivity contribution in [3.8, 4) is 0 Å². The van der Waals surface area contributed by atoms with Crippen molar-refractivity contribution in [3.63, 3.8) is 0 Å². The molecule has 0 spiro atoms. The first kappa shape index (κ1) is 11.9. The molecule has 3 atom stereocenters. The molecule has 12 heavy (non-hydrogen) atoms. The molecule has 0 aliphatic heterocycles. The van der Waals surface area contributed by atoms with E-state index in [9.17, 15) is 5.11 Å². The maximum atomic E-state index is 9.54. The van der Waals surface area contributed by atoms with Gasteiger partial charge in [0.05, 0.1) is 0 Å². The van der Waals surface area contributed by atoms with Crippen molar-refractivity contribution in [2.45, 2.75) is 65.8 Å². The lowest BCUT2D eigenvalue weighted by Crippen LogP contribution is -2.45. The molecule has 0 bridgehead atoms. The summed E-state index contributed by atoms with van der Waals surface area (Å²) in [7, 11) is 0. The minimum Gasteiger partial charge on any atom is -0.379 e. The van der Waals surface area contributed by atoms with Crippen LogP contribution in [-0.4, -0.2) is 28.3 Å². The molecule has 74 valence electrons. The number of aliphatic hydroxyl groups is 1. The molecule has 0 radical (unpaired) electrons. The highest BCUT2D eigenvalue weighted by Crippen LogP contribution is 2.13. The lowest BCUT2D eigenvalue weighted by Gasteiger charge is -2.36. The molecule has 0 aliphatic carbocycles. The highest BCUT2D eigenvalue weighted by atomic mass is 16.3. The Morgan fingerprint density at radius 1 is 1.00 bits per heavy atom. The largest absolute Gasteiger partial charge is 0.379 e. The quantitative estimate of drug-likeness (QED) is 0.644. The van der Waals surface area contributed by atoms with Gasteiger partial charge in [-0.1, -0.05) is 13.8 Å². The number of nitrogens with zero attached hydrogens (tertiary/aromatic N) is 1. The Labute approximate surface area is 76.6 Å². The van der Waals surface area contributed by atoms with Gasteiger partial charge in [0, 0.05) is 12.1 Å². The molecule has 0 saturated carbocycles.